The summed E-state index contributed by atoms with van der Waals surface area (Å²) in [5.41, 5.74) is 1.17. The van der Waals surface area contributed by atoms with Gasteiger partial charge in [-0.15, -0.1) is 0 Å². The van der Waals surface area contributed by atoms with Crippen LogP contribution in [0.2, 0.25) is 0 Å². The van der Waals surface area contributed by atoms with Crippen molar-refractivity contribution in [2.75, 3.05) is 6.54 Å². The van der Waals surface area contributed by atoms with Crippen molar-refractivity contribution in [2.24, 2.45) is 0 Å². The smallest absolute Gasteiger partial charge is 0.273 e. The number of rotatable bonds is 6. The van der Waals surface area contributed by atoms with Gasteiger partial charge >= 0.3 is 0 Å². The molecular formula is C16H15BrN4O2. The van der Waals surface area contributed by atoms with Gasteiger partial charge in [-0.1, -0.05) is 35.5 Å². The van der Waals surface area contributed by atoms with E-state index >= 15 is 0 Å². The summed E-state index contributed by atoms with van der Waals surface area (Å²) in [4.78, 5) is 12.0. The fraction of sp³-hybridized carbons (Fsp3) is 0.188. The third kappa shape index (κ3) is 4.07. The van der Waals surface area contributed by atoms with Gasteiger partial charge in [-0.2, -0.15) is 5.10 Å². The standard InChI is InChI=1S/C16H15BrN4O2/c17-13-10-19-21(11-13)8-4-7-18-16(22)14-9-15(23-20-14)12-5-2-1-3-6-12/h1-3,5-6,9-11H,4,7-8H2,(H,18,22). The minimum Gasteiger partial charge on any atom is -0.355 e. The molecule has 1 N–H and O–H groups in total. The van der Waals surface area contributed by atoms with Gasteiger partial charge in [0.2, 0.25) is 0 Å². The average molecular weight is 375 g/mol. The molecule has 2 aromatic heterocycles. The molecule has 0 unspecified atom stereocenters. The molecule has 3 rings (SSSR count). The maximum atomic E-state index is 12.0. The van der Waals surface area contributed by atoms with Crippen LogP contribution in [0.1, 0.15) is 16.9 Å². The predicted octanol–water partition coefficient (Wildman–Crippen LogP) is 3.12. The molecule has 6 nitrogen and oxygen atoms in total. The maximum Gasteiger partial charge on any atom is 0.273 e. The summed E-state index contributed by atoms with van der Waals surface area (Å²) in [6.07, 6.45) is 4.41. The van der Waals surface area contributed by atoms with Crippen LogP contribution in [0.15, 0.2) is 57.8 Å². The third-order valence-corrected chi connectivity index (χ3v) is 3.66. The monoisotopic (exact) mass is 374 g/mol. The third-order valence-electron chi connectivity index (χ3n) is 3.25. The van der Waals surface area contributed by atoms with Crippen LogP contribution in [-0.4, -0.2) is 27.4 Å². The van der Waals surface area contributed by atoms with Gasteiger partial charge in [0.1, 0.15) is 0 Å². The van der Waals surface area contributed by atoms with Gasteiger partial charge in [0.25, 0.3) is 5.91 Å². The molecule has 118 valence electrons. The lowest BCUT2D eigenvalue weighted by atomic mass is 10.1. The van der Waals surface area contributed by atoms with E-state index in [1.54, 1.807) is 12.3 Å². The van der Waals surface area contributed by atoms with E-state index in [1.165, 1.54) is 0 Å². The number of carbonyl (C=O) groups is 1. The molecule has 3 aromatic rings. The van der Waals surface area contributed by atoms with Crippen LogP contribution in [0.25, 0.3) is 11.3 Å². The van der Waals surface area contributed by atoms with Gasteiger partial charge in [0, 0.05) is 30.9 Å². The lowest BCUT2D eigenvalue weighted by Gasteiger charge is -2.03. The van der Waals surface area contributed by atoms with Gasteiger partial charge in [0.15, 0.2) is 11.5 Å². The van der Waals surface area contributed by atoms with Crippen molar-refractivity contribution in [3.05, 3.63) is 59.0 Å². The van der Waals surface area contributed by atoms with E-state index < -0.39 is 0 Å². The number of nitrogens with zero attached hydrogens (tertiary/aromatic N) is 3. The Hall–Kier alpha value is -2.41. The minimum atomic E-state index is -0.238. The summed E-state index contributed by atoms with van der Waals surface area (Å²) in [5.74, 6) is 0.342. The van der Waals surface area contributed by atoms with E-state index in [0.29, 0.717) is 12.3 Å². The summed E-state index contributed by atoms with van der Waals surface area (Å²) in [7, 11) is 0. The zero-order valence-corrected chi connectivity index (χ0v) is 13.9. The Morgan fingerprint density at radius 3 is 2.87 bits per heavy atom. The Morgan fingerprint density at radius 2 is 2.13 bits per heavy atom. The molecule has 0 aliphatic heterocycles. The molecule has 1 aromatic carbocycles. The van der Waals surface area contributed by atoms with Gasteiger partial charge in [-0.25, -0.2) is 0 Å². The van der Waals surface area contributed by atoms with Crippen LogP contribution < -0.4 is 5.32 Å². The topological polar surface area (TPSA) is 73.0 Å². The molecule has 23 heavy (non-hydrogen) atoms. The molecule has 0 saturated heterocycles. The fourth-order valence-electron chi connectivity index (χ4n) is 2.11. The normalized spacial score (nSPS) is 10.7. The number of carbonyl (C=O) groups excluding carboxylic acids is 1. The number of hydrogen-bond acceptors (Lipinski definition) is 4. The molecule has 0 spiro atoms. The first-order chi connectivity index (χ1) is 11.2. The molecule has 2 heterocycles. The van der Waals surface area contributed by atoms with Crippen LogP contribution in [-0.2, 0) is 6.54 Å². The first kappa shape index (κ1) is 15.5. The lowest BCUT2D eigenvalue weighted by molar-refractivity contribution is 0.0943. The van der Waals surface area contributed by atoms with Crippen LogP contribution in [0.3, 0.4) is 0 Å². The van der Waals surface area contributed by atoms with E-state index in [-0.39, 0.29) is 11.6 Å². The van der Waals surface area contributed by atoms with Gasteiger partial charge in [0.05, 0.1) is 10.7 Å². The highest BCUT2D eigenvalue weighted by molar-refractivity contribution is 9.10. The first-order valence-corrected chi connectivity index (χ1v) is 8.00. The highest BCUT2D eigenvalue weighted by atomic mass is 79.9. The van der Waals surface area contributed by atoms with E-state index in [2.05, 4.69) is 31.5 Å². The van der Waals surface area contributed by atoms with Crippen molar-refractivity contribution in [1.82, 2.24) is 20.3 Å². The number of halogens is 1. The molecule has 0 atom stereocenters. The van der Waals surface area contributed by atoms with Gasteiger partial charge < -0.3 is 9.84 Å². The Kier molecular flexibility index (Phi) is 4.87. The minimum absolute atomic E-state index is 0.238. The highest BCUT2D eigenvalue weighted by Crippen LogP contribution is 2.19. The SMILES string of the molecule is O=C(NCCCn1cc(Br)cn1)c1cc(-c2ccccc2)on1. The molecule has 0 bridgehead atoms. The second-order valence-corrected chi connectivity index (χ2v) is 5.89. The van der Waals surface area contributed by atoms with Gasteiger partial charge in [-0.05, 0) is 22.4 Å². The summed E-state index contributed by atoms with van der Waals surface area (Å²) < 4.78 is 7.98. The predicted molar refractivity (Wildman–Crippen MR) is 88.8 cm³/mol. The number of amides is 1. The summed E-state index contributed by atoms with van der Waals surface area (Å²) in [6, 6.07) is 11.2. The quantitative estimate of drug-likeness (QED) is 0.672. The molecule has 0 aliphatic rings. The second-order valence-electron chi connectivity index (χ2n) is 4.97. The lowest BCUT2D eigenvalue weighted by Crippen LogP contribution is -2.25. The number of benzene rings is 1. The molecular weight excluding hydrogens is 360 g/mol. The molecule has 1 amide bonds. The Morgan fingerprint density at radius 1 is 1.30 bits per heavy atom. The Labute approximate surface area is 141 Å². The van der Waals surface area contributed by atoms with Crippen molar-refractivity contribution in [1.29, 1.82) is 0 Å². The van der Waals surface area contributed by atoms with Crippen LogP contribution >= 0.6 is 15.9 Å². The van der Waals surface area contributed by atoms with Crippen LogP contribution in [0.5, 0.6) is 0 Å². The summed E-state index contributed by atoms with van der Waals surface area (Å²) in [5, 5.41) is 10.8. The van der Waals surface area contributed by atoms with E-state index in [4.69, 9.17) is 4.52 Å². The van der Waals surface area contributed by atoms with E-state index in [1.807, 2.05) is 41.2 Å². The zero-order valence-electron chi connectivity index (χ0n) is 12.3. The van der Waals surface area contributed by atoms with Crippen molar-refractivity contribution >= 4 is 21.8 Å². The summed E-state index contributed by atoms with van der Waals surface area (Å²) >= 11 is 3.34. The Balaban J connectivity index is 1.50. The molecule has 0 saturated carbocycles. The maximum absolute atomic E-state index is 12.0. The van der Waals surface area contributed by atoms with Crippen molar-refractivity contribution < 1.29 is 9.32 Å². The fourth-order valence-corrected chi connectivity index (χ4v) is 2.44. The second kappa shape index (κ2) is 7.23. The number of aryl methyl sites for hydroxylation is 1. The largest absolute Gasteiger partial charge is 0.355 e. The number of aromatic nitrogens is 3. The molecule has 0 fully saturated rings. The van der Waals surface area contributed by atoms with E-state index in [9.17, 15) is 4.79 Å². The zero-order chi connectivity index (χ0) is 16.1. The molecule has 7 heteroatoms. The van der Waals surface area contributed by atoms with Crippen LogP contribution in [0.4, 0.5) is 0 Å². The summed E-state index contributed by atoms with van der Waals surface area (Å²) in [6.45, 7) is 1.28. The number of hydrogen-bond donors (Lipinski definition) is 1. The molecule has 0 radical (unpaired) electrons. The van der Waals surface area contributed by atoms with E-state index in [0.717, 1.165) is 23.0 Å². The van der Waals surface area contributed by atoms with Crippen LogP contribution in [0, 0.1) is 0 Å². The van der Waals surface area contributed by atoms with Crippen molar-refractivity contribution in [3.63, 3.8) is 0 Å². The van der Waals surface area contributed by atoms with Crippen molar-refractivity contribution in [3.8, 4) is 11.3 Å². The average Bonchev–Trinajstić information content (AvgIpc) is 3.21. The van der Waals surface area contributed by atoms with Gasteiger partial charge in [-0.3, -0.25) is 9.48 Å². The molecule has 0 aliphatic carbocycles. The number of nitrogens with one attached hydrogen (secondary N) is 1. The highest BCUT2D eigenvalue weighted by Gasteiger charge is 2.12. The Bertz CT molecular complexity index is 782. The first-order valence-electron chi connectivity index (χ1n) is 7.20. The van der Waals surface area contributed by atoms with Crippen molar-refractivity contribution in [2.45, 2.75) is 13.0 Å².